The summed E-state index contributed by atoms with van der Waals surface area (Å²) < 4.78 is 16.7. The number of anilines is 1. The molecule has 1 fully saturated rings. The van der Waals surface area contributed by atoms with Gasteiger partial charge in [-0.1, -0.05) is 35.6 Å². The molecule has 0 saturated carbocycles. The molecule has 2 aromatic heterocycles. The van der Waals surface area contributed by atoms with E-state index in [9.17, 15) is 4.39 Å². The summed E-state index contributed by atoms with van der Waals surface area (Å²) in [6, 6.07) is 14.8. The maximum atomic E-state index is 13.7. The summed E-state index contributed by atoms with van der Waals surface area (Å²) in [5.41, 5.74) is 1.77. The van der Waals surface area contributed by atoms with Crippen molar-refractivity contribution >= 4 is 26.7 Å². The van der Waals surface area contributed by atoms with Gasteiger partial charge in [-0.2, -0.15) is 0 Å². The minimum absolute atomic E-state index is 0.151. The minimum Gasteiger partial charge on any atom is -0.345 e. The molecule has 0 radical (unpaired) electrons. The van der Waals surface area contributed by atoms with Crippen LogP contribution in [-0.2, 0) is 5.54 Å². The number of aromatic nitrogens is 5. The van der Waals surface area contributed by atoms with Crippen LogP contribution in [0.15, 0.2) is 48.5 Å². The Bertz CT molecular complexity index is 1170. The Balaban J connectivity index is 1.43. The van der Waals surface area contributed by atoms with Crippen LogP contribution in [0.4, 0.5) is 9.52 Å². The molecule has 32 heavy (non-hydrogen) atoms. The number of piperazine rings is 1. The Morgan fingerprint density at radius 1 is 0.969 bits per heavy atom. The molecule has 0 bridgehead atoms. The molecule has 1 aliphatic rings. The van der Waals surface area contributed by atoms with Crippen molar-refractivity contribution in [2.45, 2.75) is 32.4 Å². The van der Waals surface area contributed by atoms with Crippen molar-refractivity contribution in [3.05, 3.63) is 65.7 Å². The molecule has 166 valence electrons. The van der Waals surface area contributed by atoms with Crippen LogP contribution >= 0.6 is 11.3 Å². The summed E-state index contributed by atoms with van der Waals surface area (Å²) in [5, 5.41) is 13.7. The first kappa shape index (κ1) is 21.0. The topological polar surface area (TPSA) is 63.0 Å². The third kappa shape index (κ3) is 3.98. The fourth-order valence-electron chi connectivity index (χ4n) is 4.18. The average molecular weight is 452 g/mol. The first-order valence-corrected chi connectivity index (χ1v) is 11.6. The van der Waals surface area contributed by atoms with Crippen LogP contribution in [0.2, 0.25) is 0 Å². The number of tetrazole rings is 1. The molecule has 0 N–H and O–H groups in total. The molecule has 1 saturated heterocycles. The number of para-hydroxylation sites is 1. The fourth-order valence-corrected chi connectivity index (χ4v) is 5.19. The van der Waals surface area contributed by atoms with Gasteiger partial charge in [0.25, 0.3) is 0 Å². The summed E-state index contributed by atoms with van der Waals surface area (Å²) >= 11 is 1.73. The number of hydrogen-bond acceptors (Lipinski definition) is 7. The first-order chi connectivity index (χ1) is 15.4. The highest BCUT2D eigenvalue weighted by Crippen LogP contribution is 2.33. The van der Waals surface area contributed by atoms with E-state index < -0.39 is 0 Å². The highest BCUT2D eigenvalue weighted by Gasteiger charge is 2.33. The standard InChI is InChI=1S/C23H26FN7S/c1-23(2,3)31-21(26-27-28-31)20(16-8-10-17(24)11-9-16)29-12-14-30(15-13-29)22-25-18-6-4-5-7-19(18)32-22/h4-11,20H,12-15H2,1-3H3/t20-/m1/s1. The van der Waals surface area contributed by atoms with Gasteiger partial charge in [0.15, 0.2) is 11.0 Å². The zero-order valence-corrected chi connectivity index (χ0v) is 19.3. The number of rotatable bonds is 4. The zero-order chi connectivity index (χ0) is 22.3. The van der Waals surface area contributed by atoms with Crippen molar-refractivity contribution in [1.29, 1.82) is 0 Å². The van der Waals surface area contributed by atoms with Gasteiger partial charge >= 0.3 is 0 Å². The van der Waals surface area contributed by atoms with Gasteiger partial charge in [-0.25, -0.2) is 14.1 Å². The Morgan fingerprint density at radius 3 is 2.38 bits per heavy atom. The summed E-state index contributed by atoms with van der Waals surface area (Å²) in [6.45, 7) is 9.62. The molecule has 1 atom stereocenters. The monoisotopic (exact) mass is 451 g/mol. The quantitative estimate of drug-likeness (QED) is 0.466. The maximum Gasteiger partial charge on any atom is 0.186 e. The molecule has 4 aromatic rings. The third-order valence-electron chi connectivity index (χ3n) is 5.79. The lowest BCUT2D eigenvalue weighted by molar-refractivity contribution is 0.191. The maximum absolute atomic E-state index is 13.7. The summed E-state index contributed by atoms with van der Waals surface area (Å²) in [7, 11) is 0. The lowest BCUT2D eigenvalue weighted by atomic mass is 10.0. The second-order valence-corrected chi connectivity index (χ2v) is 10.1. The SMILES string of the molecule is CC(C)(C)n1nnnc1[C@@H](c1ccc(F)cc1)N1CCN(c2nc3ccccc3s2)CC1. The molecule has 3 heterocycles. The second kappa shape index (κ2) is 8.22. The van der Waals surface area contributed by atoms with Crippen molar-refractivity contribution in [1.82, 2.24) is 30.1 Å². The van der Waals surface area contributed by atoms with Gasteiger partial charge in [0, 0.05) is 26.2 Å². The fraction of sp³-hybridized carbons (Fsp3) is 0.391. The predicted molar refractivity (Wildman–Crippen MR) is 124 cm³/mol. The van der Waals surface area contributed by atoms with Crippen LogP contribution in [0.5, 0.6) is 0 Å². The Kier molecular flexibility index (Phi) is 5.38. The van der Waals surface area contributed by atoms with Crippen molar-refractivity contribution in [3.63, 3.8) is 0 Å². The van der Waals surface area contributed by atoms with Crippen molar-refractivity contribution in [2.24, 2.45) is 0 Å². The second-order valence-electron chi connectivity index (χ2n) is 9.06. The number of thiazole rings is 1. The van der Waals surface area contributed by atoms with Gasteiger partial charge in [0.1, 0.15) is 5.82 Å². The third-order valence-corrected chi connectivity index (χ3v) is 6.89. The molecular weight excluding hydrogens is 425 g/mol. The number of halogens is 1. The average Bonchev–Trinajstić information content (AvgIpc) is 3.43. The highest BCUT2D eigenvalue weighted by molar-refractivity contribution is 7.22. The normalized spacial score (nSPS) is 16.6. The Morgan fingerprint density at radius 2 is 1.69 bits per heavy atom. The highest BCUT2D eigenvalue weighted by atomic mass is 32.1. The smallest absolute Gasteiger partial charge is 0.186 e. The molecule has 9 heteroatoms. The van der Waals surface area contributed by atoms with Gasteiger partial charge in [0.05, 0.1) is 21.8 Å². The van der Waals surface area contributed by atoms with E-state index in [0.717, 1.165) is 48.2 Å². The van der Waals surface area contributed by atoms with E-state index in [4.69, 9.17) is 4.98 Å². The minimum atomic E-state index is -0.264. The van der Waals surface area contributed by atoms with Crippen LogP contribution in [0, 0.1) is 5.82 Å². The molecule has 0 spiro atoms. The van der Waals surface area contributed by atoms with E-state index in [1.807, 2.05) is 22.9 Å². The molecule has 5 rings (SSSR count). The van der Waals surface area contributed by atoms with Gasteiger partial charge < -0.3 is 4.90 Å². The van der Waals surface area contributed by atoms with E-state index in [2.05, 4.69) is 64.3 Å². The van der Waals surface area contributed by atoms with Gasteiger partial charge in [-0.05, 0) is 61.0 Å². The molecule has 0 amide bonds. The Labute approximate surface area is 190 Å². The Hall–Kier alpha value is -2.91. The summed E-state index contributed by atoms with van der Waals surface area (Å²) in [5.74, 6) is 0.529. The van der Waals surface area contributed by atoms with E-state index >= 15 is 0 Å². The van der Waals surface area contributed by atoms with Crippen LogP contribution < -0.4 is 4.90 Å². The van der Waals surface area contributed by atoms with Crippen LogP contribution in [0.1, 0.15) is 38.2 Å². The van der Waals surface area contributed by atoms with Crippen LogP contribution in [-0.4, -0.2) is 56.3 Å². The lowest BCUT2D eigenvalue weighted by Gasteiger charge is -2.39. The van der Waals surface area contributed by atoms with E-state index in [-0.39, 0.29) is 17.4 Å². The van der Waals surface area contributed by atoms with Gasteiger partial charge in [0.2, 0.25) is 0 Å². The summed E-state index contributed by atoms with van der Waals surface area (Å²) in [4.78, 5) is 9.54. The van der Waals surface area contributed by atoms with Crippen molar-refractivity contribution < 1.29 is 4.39 Å². The number of hydrogen-bond donors (Lipinski definition) is 0. The number of benzene rings is 2. The van der Waals surface area contributed by atoms with E-state index in [1.54, 1.807) is 11.3 Å². The lowest BCUT2D eigenvalue weighted by Crippen LogP contribution is -2.48. The van der Waals surface area contributed by atoms with Crippen LogP contribution in [0.25, 0.3) is 10.2 Å². The summed E-state index contributed by atoms with van der Waals surface area (Å²) in [6.07, 6.45) is 0. The molecule has 1 aliphatic heterocycles. The van der Waals surface area contributed by atoms with Crippen molar-refractivity contribution in [3.8, 4) is 0 Å². The molecule has 0 aliphatic carbocycles. The molecule has 0 unspecified atom stereocenters. The van der Waals surface area contributed by atoms with E-state index in [1.165, 1.54) is 16.8 Å². The first-order valence-electron chi connectivity index (χ1n) is 10.8. The molecule has 7 nitrogen and oxygen atoms in total. The largest absolute Gasteiger partial charge is 0.345 e. The number of fused-ring (bicyclic) bond motifs is 1. The van der Waals surface area contributed by atoms with E-state index in [0.29, 0.717) is 0 Å². The number of nitrogens with zero attached hydrogens (tertiary/aromatic N) is 7. The molecular formula is C23H26FN7S. The molecule has 2 aromatic carbocycles. The van der Waals surface area contributed by atoms with Crippen molar-refractivity contribution in [2.75, 3.05) is 31.1 Å². The van der Waals surface area contributed by atoms with Gasteiger partial charge in [-0.15, -0.1) is 5.10 Å². The predicted octanol–water partition coefficient (Wildman–Crippen LogP) is 4.09. The van der Waals surface area contributed by atoms with Gasteiger partial charge in [-0.3, -0.25) is 4.90 Å². The zero-order valence-electron chi connectivity index (χ0n) is 18.4. The van der Waals surface area contributed by atoms with Crippen LogP contribution in [0.3, 0.4) is 0 Å².